The smallest absolute Gasteiger partial charge is 0.338 e. The molecule has 2 aromatic carbocycles. The maximum Gasteiger partial charge on any atom is 0.338 e. The van der Waals surface area contributed by atoms with Crippen molar-refractivity contribution >= 4 is 17.6 Å². The van der Waals surface area contributed by atoms with Crippen molar-refractivity contribution in [3.63, 3.8) is 0 Å². The van der Waals surface area contributed by atoms with Crippen molar-refractivity contribution in [2.45, 2.75) is 46.1 Å². The number of carbonyl (C=O) groups is 2. The molecule has 30 heavy (non-hydrogen) atoms. The zero-order chi connectivity index (χ0) is 21.3. The van der Waals surface area contributed by atoms with Gasteiger partial charge >= 0.3 is 5.97 Å². The molecule has 0 aromatic heterocycles. The van der Waals surface area contributed by atoms with Crippen molar-refractivity contribution in [1.82, 2.24) is 4.90 Å². The van der Waals surface area contributed by atoms with E-state index in [4.69, 9.17) is 4.74 Å². The van der Waals surface area contributed by atoms with Gasteiger partial charge in [-0.2, -0.15) is 0 Å². The van der Waals surface area contributed by atoms with Gasteiger partial charge in [-0.3, -0.25) is 9.69 Å². The molecule has 3 rings (SSSR count). The van der Waals surface area contributed by atoms with E-state index >= 15 is 0 Å². The summed E-state index contributed by atoms with van der Waals surface area (Å²) in [5.74, 6) is -0.243. The summed E-state index contributed by atoms with van der Waals surface area (Å²) in [5, 5.41) is 0. The lowest BCUT2D eigenvalue weighted by Gasteiger charge is -2.20. The fourth-order valence-electron chi connectivity index (χ4n) is 3.91. The summed E-state index contributed by atoms with van der Waals surface area (Å²) in [7, 11) is 0. The van der Waals surface area contributed by atoms with Gasteiger partial charge in [0.25, 0.3) is 0 Å². The molecule has 0 radical (unpaired) electrons. The highest BCUT2D eigenvalue weighted by Crippen LogP contribution is 2.29. The molecule has 0 spiro atoms. The van der Waals surface area contributed by atoms with Crippen LogP contribution in [0.25, 0.3) is 0 Å². The molecule has 0 atom stereocenters. The summed E-state index contributed by atoms with van der Waals surface area (Å²) in [6.07, 6.45) is 3.79. The zero-order valence-corrected chi connectivity index (χ0v) is 18.1. The molecule has 0 unspecified atom stereocenters. The van der Waals surface area contributed by atoms with Crippen LogP contribution in [0.5, 0.6) is 0 Å². The van der Waals surface area contributed by atoms with Crippen LogP contribution in [0.4, 0.5) is 5.69 Å². The van der Waals surface area contributed by atoms with Gasteiger partial charge < -0.3 is 9.64 Å². The number of esters is 1. The minimum absolute atomic E-state index is 0.0366. The van der Waals surface area contributed by atoms with Gasteiger partial charge in [0.2, 0.25) is 5.91 Å². The molecule has 0 N–H and O–H groups in total. The van der Waals surface area contributed by atoms with Gasteiger partial charge in [0.05, 0.1) is 12.2 Å². The van der Waals surface area contributed by atoms with Crippen molar-refractivity contribution in [1.29, 1.82) is 0 Å². The SMILES string of the molecule is CCN(CCCCCOC(=O)c1ccc2c(c1)CCN2C(C)=O)Cc1ccccc1. The number of rotatable bonds is 10. The fraction of sp³-hybridized carbons (Fsp3) is 0.440. The Bertz CT molecular complexity index is 851. The largest absolute Gasteiger partial charge is 0.462 e. The van der Waals surface area contributed by atoms with E-state index in [1.54, 1.807) is 17.9 Å². The summed E-state index contributed by atoms with van der Waals surface area (Å²) in [4.78, 5) is 28.2. The molecule has 160 valence electrons. The van der Waals surface area contributed by atoms with E-state index in [0.717, 1.165) is 56.6 Å². The number of ether oxygens (including phenoxy) is 1. The first-order chi connectivity index (χ1) is 14.6. The minimum Gasteiger partial charge on any atom is -0.462 e. The zero-order valence-electron chi connectivity index (χ0n) is 18.1. The maximum atomic E-state index is 12.3. The Balaban J connectivity index is 1.35. The number of benzene rings is 2. The van der Waals surface area contributed by atoms with Crippen LogP contribution in [0.15, 0.2) is 48.5 Å². The van der Waals surface area contributed by atoms with E-state index in [1.165, 1.54) is 5.56 Å². The van der Waals surface area contributed by atoms with Gasteiger partial charge in [0.1, 0.15) is 0 Å². The summed E-state index contributed by atoms with van der Waals surface area (Å²) < 4.78 is 5.46. The highest BCUT2D eigenvalue weighted by Gasteiger charge is 2.23. The first-order valence-corrected chi connectivity index (χ1v) is 10.9. The monoisotopic (exact) mass is 408 g/mol. The van der Waals surface area contributed by atoms with Crippen molar-refractivity contribution in [2.75, 3.05) is 31.1 Å². The standard InChI is InChI=1S/C25H32N2O3/c1-3-26(19-21-10-6-4-7-11-21)15-8-5-9-17-30-25(29)23-12-13-24-22(18-23)14-16-27(24)20(2)28/h4,6-7,10-13,18H,3,5,8-9,14-17,19H2,1-2H3. The number of amides is 1. The first-order valence-electron chi connectivity index (χ1n) is 10.9. The Morgan fingerprint density at radius 3 is 2.60 bits per heavy atom. The average molecular weight is 409 g/mol. The summed E-state index contributed by atoms with van der Waals surface area (Å²) >= 11 is 0. The quantitative estimate of drug-likeness (QED) is 0.431. The lowest BCUT2D eigenvalue weighted by molar-refractivity contribution is -0.116. The van der Waals surface area contributed by atoms with Crippen LogP contribution in [0, 0.1) is 0 Å². The number of unbranched alkanes of at least 4 members (excludes halogenated alkanes) is 2. The number of carbonyl (C=O) groups excluding carboxylic acids is 2. The molecule has 5 nitrogen and oxygen atoms in total. The molecule has 0 saturated carbocycles. The predicted molar refractivity (Wildman–Crippen MR) is 120 cm³/mol. The van der Waals surface area contributed by atoms with E-state index in [2.05, 4.69) is 36.1 Å². The molecule has 1 aliphatic heterocycles. The van der Waals surface area contributed by atoms with Crippen LogP contribution >= 0.6 is 0 Å². The molecule has 1 aliphatic rings. The van der Waals surface area contributed by atoms with Gasteiger partial charge in [0.15, 0.2) is 0 Å². The Morgan fingerprint density at radius 1 is 1.07 bits per heavy atom. The van der Waals surface area contributed by atoms with Crippen LogP contribution in [0.3, 0.4) is 0 Å². The third kappa shape index (κ3) is 5.92. The van der Waals surface area contributed by atoms with Crippen LogP contribution < -0.4 is 4.90 Å². The van der Waals surface area contributed by atoms with Crippen LogP contribution in [0.1, 0.15) is 54.6 Å². The highest BCUT2D eigenvalue weighted by molar-refractivity contribution is 5.96. The van der Waals surface area contributed by atoms with Gasteiger partial charge in [-0.15, -0.1) is 0 Å². The first kappa shape index (κ1) is 22.0. The van der Waals surface area contributed by atoms with E-state index < -0.39 is 0 Å². The van der Waals surface area contributed by atoms with Crippen molar-refractivity contribution in [2.24, 2.45) is 0 Å². The molecule has 0 fully saturated rings. The summed E-state index contributed by atoms with van der Waals surface area (Å²) in [6, 6.07) is 16.0. The highest BCUT2D eigenvalue weighted by atomic mass is 16.5. The van der Waals surface area contributed by atoms with Crippen molar-refractivity contribution in [3.8, 4) is 0 Å². The molecule has 1 amide bonds. The molecule has 0 saturated heterocycles. The third-order valence-corrected chi connectivity index (χ3v) is 5.64. The van der Waals surface area contributed by atoms with Gasteiger partial charge in [-0.25, -0.2) is 4.79 Å². The van der Waals surface area contributed by atoms with Crippen LogP contribution in [0.2, 0.25) is 0 Å². The Hall–Kier alpha value is -2.66. The summed E-state index contributed by atoms with van der Waals surface area (Å²) in [6.45, 7) is 7.95. The van der Waals surface area contributed by atoms with Crippen molar-refractivity contribution in [3.05, 3.63) is 65.2 Å². The average Bonchev–Trinajstić information content (AvgIpc) is 3.19. The van der Waals surface area contributed by atoms with Crippen LogP contribution in [-0.4, -0.2) is 43.0 Å². The topological polar surface area (TPSA) is 49.9 Å². The lowest BCUT2D eigenvalue weighted by Crippen LogP contribution is -2.25. The molecular formula is C25H32N2O3. The van der Waals surface area contributed by atoms with E-state index in [0.29, 0.717) is 18.7 Å². The number of fused-ring (bicyclic) bond motifs is 1. The van der Waals surface area contributed by atoms with Crippen LogP contribution in [-0.2, 0) is 22.5 Å². The molecule has 0 aliphatic carbocycles. The number of hydrogen-bond acceptors (Lipinski definition) is 4. The predicted octanol–water partition coefficient (Wildman–Crippen LogP) is 4.44. The van der Waals surface area contributed by atoms with Gasteiger partial charge in [-0.1, -0.05) is 37.3 Å². The molecular weight excluding hydrogens is 376 g/mol. The second kappa shape index (κ2) is 10.9. The molecule has 0 bridgehead atoms. The molecule has 1 heterocycles. The Labute approximate surface area is 179 Å². The normalized spacial score (nSPS) is 12.8. The van der Waals surface area contributed by atoms with E-state index in [9.17, 15) is 9.59 Å². The second-order valence-electron chi connectivity index (χ2n) is 7.82. The number of anilines is 1. The summed E-state index contributed by atoms with van der Waals surface area (Å²) in [5.41, 5.74) is 3.86. The lowest BCUT2D eigenvalue weighted by atomic mass is 10.1. The second-order valence-corrected chi connectivity index (χ2v) is 7.82. The van der Waals surface area contributed by atoms with E-state index in [-0.39, 0.29) is 11.9 Å². The minimum atomic E-state index is -0.279. The van der Waals surface area contributed by atoms with Gasteiger partial charge in [0, 0.05) is 25.7 Å². The fourth-order valence-corrected chi connectivity index (χ4v) is 3.91. The Morgan fingerprint density at radius 2 is 1.87 bits per heavy atom. The number of hydrogen-bond donors (Lipinski definition) is 0. The van der Waals surface area contributed by atoms with Gasteiger partial charge in [-0.05, 0) is 68.1 Å². The third-order valence-electron chi connectivity index (χ3n) is 5.64. The van der Waals surface area contributed by atoms with Crippen molar-refractivity contribution < 1.29 is 14.3 Å². The maximum absolute atomic E-state index is 12.3. The molecule has 2 aromatic rings. The van der Waals surface area contributed by atoms with E-state index in [1.807, 2.05) is 18.2 Å². The molecule has 5 heteroatoms. The number of nitrogens with zero attached hydrogens (tertiary/aromatic N) is 2. The Kier molecular flexibility index (Phi) is 8.03.